The molecule has 2 aromatic carbocycles. The van der Waals surface area contributed by atoms with Crippen molar-refractivity contribution in [2.45, 2.75) is 6.92 Å². The number of anilines is 1. The average Bonchev–Trinajstić information content (AvgIpc) is 3.34. The van der Waals surface area contributed by atoms with E-state index in [-0.39, 0.29) is 25.2 Å². The fourth-order valence-electron chi connectivity index (χ4n) is 2.71. The van der Waals surface area contributed by atoms with Crippen LogP contribution in [0.2, 0.25) is 0 Å². The van der Waals surface area contributed by atoms with Gasteiger partial charge in [0.25, 0.3) is 5.91 Å². The van der Waals surface area contributed by atoms with Gasteiger partial charge < -0.3 is 20.1 Å². The minimum absolute atomic E-state index is 0.134. The summed E-state index contributed by atoms with van der Waals surface area (Å²) in [6.45, 7) is 1.78. The van der Waals surface area contributed by atoms with Gasteiger partial charge in [0, 0.05) is 16.8 Å². The van der Waals surface area contributed by atoms with Crippen molar-refractivity contribution in [1.29, 1.82) is 0 Å². The van der Waals surface area contributed by atoms with Crippen molar-refractivity contribution in [3.8, 4) is 22.9 Å². The molecular formula is C19H17N5O4. The number of hydrogen-bond donors (Lipinski definition) is 3. The van der Waals surface area contributed by atoms with Crippen molar-refractivity contribution in [2.75, 3.05) is 18.7 Å². The van der Waals surface area contributed by atoms with Gasteiger partial charge >= 0.3 is 0 Å². The summed E-state index contributed by atoms with van der Waals surface area (Å²) in [5.74, 6) is 1.63. The molecule has 0 atom stereocenters. The lowest BCUT2D eigenvalue weighted by molar-refractivity contribution is -0.115. The molecular weight excluding hydrogens is 362 g/mol. The molecule has 3 aromatic rings. The van der Waals surface area contributed by atoms with E-state index in [9.17, 15) is 9.59 Å². The minimum atomic E-state index is -0.376. The van der Waals surface area contributed by atoms with Crippen molar-refractivity contribution in [1.82, 2.24) is 20.5 Å². The number of aryl methyl sites for hydroxylation is 1. The average molecular weight is 379 g/mol. The number of aromatic amines is 1. The third-order valence-electron chi connectivity index (χ3n) is 4.05. The number of carbonyl (C=O) groups is 2. The summed E-state index contributed by atoms with van der Waals surface area (Å²) in [5.41, 5.74) is 1.74. The number of carbonyl (C=O) groups excluding carboxylic acids is 2. The van der Waals surface area contributed by atoms with Crippen molar-refractivity contribution in [2.24, 2.45) is 0 Å². The number of aromatic nitrogens is 3. The SMILES string of the molecule is Cc1nc(-c2cccc(NC(=O)CNC(=O)c3ccc4c(c3)OCO4)c2)n[nH]1. The number of fused-ring (bicyclic) bond motifs is 1. The number of nitrogens with one attached hydrogen (secondary N) is 3. The standard InChI is InChI=1S/C19H17N5O4/c1-11-21-18(24-23-11)12-3-2-4-14(7-12)22-17(25)9-20-19(26)13-5-6-15-16(8-13)28-10-27-15/h2-8H,9-10H2,1H3,(H,20,26)(H,22,25)(H,21,23,24). The molecule has 9 heteroatoms. The number of nitrogens with zero attached hydrogens (tertiary/aromatic N) is 2. The predicted octanol–water partition coefficient (Wildman–Crippen LogP) is 1.88. The monoisotopic (exact) mass is 379 g/mol. The Morgan fingerprint density at radius 3 is 2.82 bits per heavy atom. The zero-order valence-electron chi connectivity index (χ0n) is 15.0. The van der Waals surface area contributed by atoms with Gasteiger partial charge in [-0.05, 0) is 37.3 Å². The van der Waals surface area contributed by atoms with E-state index in [1.807, 2.05) is 13.0 Å². The molecule has 4 rings (SSSR count). The van der Waals surface area contributed by atoms with Gasteiger partial charge in [0.05, 0.1) is 6.54 Å². The van der Waals surface area contributed by atoms with Gasteiger partial charge in [0.2, 0.25) is 12.7 Å². The topological polar surface area (TPSA) is 118 Å². The third-order valence-corrected chi connectivity index (χ3v) is 4.05. The Balaban J connectivity index is 1.35. The number of hydrogen-bond acceptors (Lipinski definition) is 6. The number of ether oxygens (including phenoxy) is 2. The maximum absolute atomic E-state index is 12.2. The second kappa shape index (κ2) is 7.39. The first kappa shape index (κ1) is 17.5. The molecule has 142 valence electrons. The van der Waals surface area contributed by atoms with Crippen LogP contribution in [0.1, 0.15) is 16.2 Å². The summed E-state index contributed by atoms with van der Waals surface area (Å²) in [5, 5.41) is 12.2. The fraction of sp³-hybridized carbons (Fsp3) is 0.158. The Kier molecular flexibility index (Phi) is 4.63. The summed E-state index contributed by atoms with van der Waals surface area (Å²) in [6, 6.07) is 12.0. The first-order valence-corrected chi connectivity index (χ1v) is 8.55. The third kappa shape index (κ3) is 3.78. The Morgan fingerprint density at radius 2 is 2.00 bits per heavy atom. The molecule has 9 nitrogen and oxygen atoms in total. The van der Waals surface area contributed by atoms with Crippen LogP contribution < -0.4 is 20.1 Å². The van der Waals surface area contributed by atoms with Crippen molar-refractivity contribution < 1.29 is 19.1 Å². The van der Waals surface area contributed by atoms with Gasteiger partial charge in [0.15, 0.2) is 17.3 Å². The van der Waals surface area contributed by atoms with E-state index in [0.717, 1.165) is 5.56 Å². The van der Waals surface area contributed by atoms with Gasteiger partial charge in [0.1, 0.15) is 5.82 Å². The van der Waals surface area contributed by atoms with Crippen LogP contribution in [0.5, 0.6) is 11.5 Å². The molecule has 1 aromatic heterocycles. The lowest BCUT2D eigenvalue weighted by Crippen LogP contribution is -2.32. The second-order valence-electron chi connectivity index (χ2n) is 6.12. The highest BCUT2D eigenvalue weighted by molar-refractivity contribution is 5.99. The maximum atomic E-state index is 12.2. The Bertz CT molecular complexity index is 1050. The van der Waals surface area contributed by atoms with E-state index in [1.54, 1.807) is 36.4 Å². The highest BCUT2D eigenvalue weighted by atomic mass is 16.7. The first-order chi connectivity index (χ1) is 13.6. The number of amides is 2. The lowest BCUT2D eigenvalue weighted by atomic mass is 10.2. The van der Waals surface area contributed by atoms with Crippen molar-refractivity contribution in [3.63, 3.8) is 0 Å². The summed E-state index contributed by atoms with van der Waals surface area (Å²) < 4.78 is 10.5. The predicted molar refractivity (Wildman–Crippen MR) is 100 cm³/mol. The fourth-order valence-corrected chi connectivity index (χ4v) is 2.71. The molecule has 1 aliphatic rings. The lowest BCUT2D eigenvalue weighted by Gasteiger charge is -2.08. The number of H-pyrrole nitrogens is 1. The molecule has 28 heavy (non-hydrogen) atoms. The summed E-state index contributed by atoms with van der Waals surface area (Å²) in [4.78, 5) is 28.7. The van der Waals surface area contributed by atoms with E-state index in [1.165, 1.54) is 0 Å². The second-order valence-corrected chi connectivity index (χ2v) is 6.12. The summed E-state index contributed by atoms with van der Waals surface area (Å²) in [7, 11) is 0. The van der Waals surface area contributed by atoms with E-state index < -0.39 is 0 Å². The quantitative estimate of drug-likeness (QED) is 0.623. The van der Waals surface area contributed by atoms with Gasteiger partial charge in [-0.3, -0.25) is 14.7 Å². The Hall–Kier alpha value is -3.88. The minimum Gasteiger partial charge on any atom is -0.454 e. The van der Waals surface area contributed by atoms with Crippen LogP contribution in [0.25, 0.3) is 11.4 Å². The zero-order chi connectivity index (χ0) is 19.5. The molecule has 3 N–H and O–H groups in total. The molecule has 2 amide bonds. The first-order valence-electron chi connectivity index (χ1n) is 8.55. The molecule has 0 unspecified atom stereocenters. The van der Waals surface area contributed by atoms with Gasteiger partial charge in [-0.15, -0.1) is 0 Å². The Morgan fingerprint density at radius 1 is 1.14 bits per heavy atom. The summed E-state index contributed by atoms with van der Waals surface area (Å²) >= 11 is 0. The molecule has 0 radical (unpaired) electrons. The molecule has 0 bridgehead atoms. The largest absolute Gasteiger partial charge is 0.454 e. The summed E-state index contributed by atoms with van der Waals surface area (Å²) in [6.07, 6.45) is 0. The number of benzene rings is 2. The van der Waals surface area contributed by atoms with Crippen LogP contribution in [0.3, 0.4) is 0 Å². The van der Waals surface area contributed by atoms with Crippen LogP contribution in [0, 0.1) is 6.92 Å². The van der Waals surface area contributed by atoms with E-state index in [0.29, 0.717) is 34.4 Å². The van der Waals surface area contributed by atoms with Crippen LogP contribution in [0.4, 0.5) is 5.69 Å². The van der Waals surface area contributed by atoms with Gasteiger partial charge in [-0.25, -0.2) is 4.98 Å². The molecule has 1 aliphatic heterocycles. The highest BCUT2D eigenvalue weighted by Gasteiger charge is 2.16. The molecule has 0 aliphatic carbocycles. The molecule has 0 saturated heterocycles. The van der Waals surface area contributed by atoms with Crippen LogP contribution >= 0.6 is 0 Å². The van der Waals surface area contributed by atoms with E-state index in [4.69, 9.17) is 9.47 Å². The number of rotatable bonds is 5. The highest BCUT2D eigenvalue weighted by Crippen LogP contribution is 2.32. The molecule has 2 heterocycles. The van der Waals surface area contributed by atoms with Gasteiger partial charge in [-0.1, -0.05) is 12.1 Å². The molecule has 0 fully saturated rings. The van der Waals surface area contributed by atoms with Gasteiger partial charge in [-0.2, -0.15) is 5.10 Å². The van der Waals surface area contributed by atoms with E-state index in [2.05, 4.69) is 25.8 Å². The van der Waals surface area contributed by atoms with Crippen LogP contribution in [0.15, 0.2) is 42.5 Å². The van der Waals surface area contributed by atoms with E-state index >= 15 is 0 Å². The Labute approximate surface area is 160 Å². The van der Waals surface area contributed by atoms with Crippen LogP contribution in [-0.2, 0) is 4.79 Å². The van der Waals surface area contributed by atoms with Crippen molar-refractivity contribution in [3.05, 3.63) is 53.9 Å². The maximum Gasteiger partial charge on any atom is 0.251 e. The molecule has 0 saturated carbocycles. The van der Waals surface area contributed by atoms with Crippen LogP contribution in [-0.4, -0.2) is 40.3 Å². The normalized spacial score (nSPS) is 11.9. The zero-order valence-corrected chi connectivity index (χ0v) is 15.0. The van der Waals surface area contributed by atoms with Crippen molar-refractivity contribution >= 4 is 17.5 Å². The smallest absolute Gasteiger partial charge is 0.251 e. The molecule has 0 spiro atoms.